The van der Waals surface area contributed by atoms with Crippen molar-refractivity contribution >= 4 is 21.6 Å². The molecule has 0 aliphatic rings. The Kier molecular flexibility index (Phi) is 4.69. The predicted molar refractivity (Wildman–Crippen MR) is 69.4 cm³/mol. The second kappa shape index (κ2) is 5.83. The topological polar surface area (TPSA) is 92.5 Å². The Morgan fingerprint density at radius 2 is 1.89 bits per heavy atom. The van der Waals surface area contributed by atoms with Crippen molar-refractivity contribution in [1.29, 1.82) is 0 Å². The van der Waals surface area contributed by atoms with E-state index >= 15 is 0 Å². The Hall–Kier alpha value is -1.60. The zero-order valence-corrected chi connectivity index (χ0v) is 11.2. The van der Waals surface area contributed by atoms with E-state index in [9.17, 15) is 13.2 Å². The van der Waals surface area contributed by atoms with Crippen molar-refractivity contribution in [3.05, 3.63) is 24.3 Å². The molecule has 0 spiro atoms. The number of likely N-dealkylation sites (N-methyl/N-ethyl adjacent to an activating group) is 2. The van der Waals surface area contributed by atoms with E-state index in [1.54, 1.807) is 6.92 Å². The molecule has 0 heterocycles. The summed E-state index contributed by atoms with van der Waals surface area (Å²) in [6, 6.07) is 5.84. The molecule has 0 fully saturated rings. The van der Waals surface area contributed by atoms with Gasteiger partial charge in [0, 0.05) is 19.3 Å². The molecule has 0 radical (unpaired) electrons. The summed E-state index contributed by atoms with van der Waals surface area (Å²) in [5.41, 5.74) is 5.98. The van der Waals surface area contributed by atoms with Crippen molar-refractivity contribution in [2.24, 2.45) is 0 Å². The molecule has 1 amide bonds. The van der Waals surface area contributed by atoms with Crippen molar-refractivity contribution < 1.29 is 13.2 Å². The van der Waals surface area contributed by atoms with Crippen LogP contribution in [0, 0.1) is 0 Å². The van der Waals surface area contributed by atoms with Gasteiger partial charge < -0.3 is 11.1 Å². The average Bonchev–Trinajstić information content (AvgIpc) is 2.29. The van der Waals surface area contributed by atoms with Crippen LogP contribution >= 0.6 is 0 Å². The summed E-state index contributed by atoms with van der Waals surface area (Å²) in [5, 5.41) is 2.54. The number of nitrogens with one attached hydrogen (secondary N) is 1. The first-order chi connectivity index (χ1) is 8.37. The van der Waals surface area contributed by atoms with E-state index in [2.05, 4.69) is 5.32 Å². The number of rotatable bonds is 5. The SMILES string of the molecule is CCNC(=O)CN(C)S(=O)(=O)c1ccc(N)cc1. The van der Waals surface area contributed by atoms with Gasteiger partial charge in [-0.1, -0.05) is 0 Å². The Morgan fingerprint density at radius 3 is 2.39 bits per heavy atom. The monoisotopic (exact) mass is 271 g/mol. The molecule has 0 aliphatic carbocycles. The number of benzene rings is 1. The van der Waals surface area contributed by atoms with Gasteiger partial charge in [-0.25, -0.2) is 8.42 Å². The molecule has 1 aromatic carbocycles. The first-order valence-corrected chi connectivity index (χ1v) is 6.90. The second-order valence-corrected chi connectivity index (χ2v) is 5.83. The molecule has 0 saturated heterocycles. The molecule has 0 atom stereocenters. The maximum Gasteiger partial charge on any atom is 0.243 e. The molecule has 18 heavy (non-hydrogen) atoms. The number of hydrogen-bond acceptors (Lipinski definition) is 4. The van der Waals surface area contributed by atoms with E-state index in [4.69, 9.17) is 5.73 Å². The molecule has 1 rings (SSSR count). The smallest absolute Gasteiger partial charge is 0.243 e. The van der Waals surface area contributed by atoms with Crippen molar-refractivity contribution in [3.63, 3.8) is 0 Å². The van der Waals surface area contributed by atoms with Crippen LogP contribution in [0.4, 0.5) is 5.69 Å². The maximum atomic E-state index is 12.1. The number of sulfonamides is 1. The van der Waals surface area contributed by atoms with E-state index < -0.39 is 10.0 Å². The molecule has 1 aromatic rings. The molecule has 100 valence electrons. The van der Waals surface area contributed by atoms with E-state index in [0.717, 1.165) is 4.31 Å². The fourth-order valence-electron chi connectivity index (χ4n) is 1.36. The van der Waals surface area contributed by atoms with Crippen LogP contribution in [0.2, 0.25) is 0 Å². The van der Waals surface area contributed by atoms with Gasteiger partial charge in [-0.05, 0) is 31.2 Å². The number of carbonyl (C=O) groups excluding carboxylic acids is 1. The summed E-state index contributed by atoms with van der Waals surface area (Å²) in [7, 11) is -2.29. The standard InChI is InChI=1S/C11H17N3O3S/c1-3-13-11(15)8-14(2)18(16,17)10-6-4-9(12)5-7-10/h4-7H,3,8,12H2,1-2H3,(H,13,15). The van der Waals surface area contributed by atoms with E-state index in [0.29, 0.717) is 12.2 Å². The van der Waals surface area contributed by atoms with Gasteiger partial charge >= 0.3 is 0 Å². The summed E-state index contributed by atoms with van der Waals surface area (Å²) >= 11 is 0. The highest BCUT2D eigenvalue weighted by Gasteiger charge is 2.22. The third kappa shape index (κ3) is 3.44. The van der Waals surface area contributed by atoms with Crippen LogP contribution in [0.5, 0.6) is 0 Å². The number of carbonyl (C=O) groups is 1. The lowest BCUT2D eigenvalue weighted by Crippen LogP contribution is -2.38. The van der Waals surface area contributed by atoms with Crippen LogP contribution in [0.25, 0.3) is 0 Å². The first-order valence-electron chi connectivity index (χ1n) is 5.46. The van der Waals surface area contributed by atoms with E-state index in [-0.39, 0.29) is 17.3 Å². The number of hydrogen-bond donors (Lipinski definition) is 2. The van der Waals surface area contributed by atoms with Crippen LogP contribution in [-0.2, 0) is 14.8 Å². The van der Waals surface area contributed by atoms with Gasteiger partial charge in [0.2, 0.25) is 15.9 Å². The third-order valence-electron chi connectivity index (χ3n) is 2.33. The molecule has 0 aliphatic heterocycles. The highest BCUT2D eigenvalue weighted by Crippen LogP contribution is 2.15. The zero-order chi connectivity index (χ0) is 13.8. The molecular weight excluding hydrogens is 254 g/mol. The maximum absolute atomic E-state index is 12.1. The molecular formula is C11H17N3O3S. The van der Waals surface area contributed by atoms with E-state index in [1.807, 2.05) is 0 Å². The first kappa shape index (κ1) is 14.5. The highest BCUT2D eigenvalue weighted by molar-refractivity contribution is 7.89. The summed E-state index contributed by atoms with van der Waals surface area (Å²) < 4.78 is 25.2. The van der Waals surface area contributed by atoms with Crippen LogP contribution in [0.3, 0.4) is 0 Å². The van der Waals surface area contributed by atoms with Gasteiger partial charge in [-0.3, -0.25) is 4.79 Å². The Morgan fingerprint density at radius 1 is 1.33 bits per heavy atom. The van der Waals surface area contributed by atoms with Gasteiger partial charge in [0.1, 0.15) is 0 Å². The molecule has 0 saturated carbocycles. The highest BCUT2D eigenvalue weighted by atomic mass is 32.2. The molecule has 3 N–H and O–H groups in total. The minimum atomic E-state index is -3.65. The number of anilines is 1. The van der Waals surface area contributed by atoms with Crippen molar-refractivity contribution in [3.8, 4) is 0 Å². The van der Waals surface area contributed by atoms with Crippen LogP contribution in [0.1, 0.15) is 6.92 Å². The summed E-state index contributed by atoms with van der Waals surface area (Å²) in [6.07, 6.45) is 0. The summed E-state index contributed by atoms with van der Waals surface area (Å²) in [5.74, 6) is -0.334. The molecule has 0 unspecified atom stereocenters. The Balaban J connectivity index is 2.86. The Bertz CT molecular complexity index is 511. The summed E-state index contributed by atoms with van der Waals surface area (Å²) in [6.45, 7) is 2.03. The fourth-order valence-corrected chi connectivity index (χ4v) is 2.49. The second-order valence-electron chi connectivity index (χ2n) is 3.78. The van der Waals surface area contributed by atoms with Gasteiger partial charge in [-0.15, -0.1) is 0 Å². The van der Waals surface area contributed by atoms with Crippen LogP contribution < -0.4 is 11.1 Å². The van der Waals surface area contributed by atoms with Crippen LogP contribution in [-0.4, -0.2) is 38.8 Å². The minimum absolute atomic E-state index is 0.114. The van der Waals surface area contributed by atoms with E-state index in [1.165, 1.54) is 31.3 Å². The third-order valence-corrected chi connectivity index (χ3v) is 4.15. The van der Waals surface area contributed by atoms with Gasteiger partial charge in [-0.2, -0.15) is 4.31 Å². The average molecular weight is 271 g/mol. The van der Waals surface area contributed by atoms with Crippen molar-refractivity contribution in [2.45, 2.75) is 11.8 Å². The van der Waals surface area contributed by atoms with Gasteiger partial charge in [0.05, 0.1) is 11.4 Å². The molecule has 0 aromatic heterocycles. The van der Waals surface area contributed by atoms with Crippen molar-refractivity contribution in [1.82, 2.24) is 9.62 Å². The Labute approximate surface area is 107 Å². The van der Waals surface area contributed by atoms with Crippen LogP contribution in [0.15, 0.2) is 29.2 Å². The lowest BCUT2D eigenvalue weighted by Gasteiger charge is -2.16. The number of amides is 1. The van der Waals surface area contributed by atoms with Crippen molar-refractivity contribution in [2.75, 3.05) is 25.9 Å². The zero-order valence-electron chi connectivity index (χ0n) is 10.4. The van der Waals surface area contributed by atoms with Gasteiger partial charge in [0.15, 0.2) is 0 Å². The van der Waals surface area contributed by atoms with Gasteiger partial charge in [0.25, 0.3) is 0 Å². The molecule has 7 heteroatoms. The normalized spacial score (nSPS) is 11.5. The molecule has 0 bridgehead atoms. The number of nitrogen functional groups attached to an aromatic ring is 1. The summed E-state index contributed by atoms with van der Waals surface area (Å²) in [4.78, 5) is 11.5. The number of nitrogens with zero attached hydrogens (tertiary/aromatic N) is 1. The number of nitrogens with two attached hydrogens (primary N) is 1. The largest absolute Gasteiger partial charge is 0.399 e. The predicted octanol–water partition coefficient (Wildman–Crippen LogP) is 0.0254. The molecule has 6 nitrogen and oxygen atoms in total. The minimum Gasteiger partial charge on any atom is -0.399 e. The lowest BCUT2D eigenvalue weighted by atomic mass is 10.3. The quantitative estimate of drug-likeness (QED) is 0.739. The lowest BCUT2D eigenvalue weighted by molar-refractivity contribution is -0.121. The fraction of sp³-hybridized carbons (Fsp3) is 0.364.